The number of nitrogens with two attached hydrogens (primary N) is 1. The Labute approximate surface area is 106 Å². The molecule has 1 atom stereocenters. The third-order valence-electron chi connectivity index (χ3n) is 1.66. The highest BCUT2D eigenvalue weighted by Gasteiger charge is 2.13. The number of aryl methyl sites for hydroxylation is 1. The summed E-state index contributed by atoms with van der Waals surface area (Å²) in [5.74, 6) is -0.990. The molecule has 0 unspecified atom stereocenters. The van der Waals surface area contributed by atoms with Crippen molar-refractivity contribution >= 4 is 43.2 Å². The maximum absolute atomic E-state index is 10.4. The Morgan fingerprint density at radius 1 is 1.60 bits per heavy atom. The number of aromatic nitrogens is 2. The van der Waals surface area contributed by atoms with E-state index in [0.29, 0.717) is 6.42 Å². The summed E-state index contributed by atoms with van der Waals surface area (Å²) in [6.07, 6.45) is 3.54. The van der Waals surface area contributed by atoms with E-state index in [9.17, 15) is 4.79 Å². The van der Waals surface area contributed by atoms with Gasteiger partial charge in [-0.3, -0.25) is 4.79 Å². The predicted molar refractivity (Wildman–Crippen MR) is 64.3 cm³/mol. The quantitative estimate of drug-likeness (QED) is 0.850. The molecule has 0 radical (unpaired) electrons. The summed E-state index contributed by atoms with van der Waals surface area (Å²) in [5, 5.41) is 8.52. The fourth-order valence-corrected chi connectivity index (χ4v) is 0.894. The number of imidazole rings is 1. The summed E-state index contributed by atoms with van der Waals surface area (Å²) in [6, 6.07) is -0.847. The van der Waals surface area contributed by atoms with Crippen LogP contribution in [0.25, 0.3) is 0 Å². The van der Waals surface area contributed by atoms with Crippen molar-refractivity contribution in [1.82, 2.24) is 9.55 Å². The monoisotopic (exact) mass is 277 g/mol. The van der Waals surface area contributed by atoms with Crippen LogP contribution in [0.2, 0.25) is 0 Å². The second kappa shape index (κ2) is 8.79. The topological polar surface area (TPSA) is 81.1 Å². The van der Waals surface area contributed by atoms with E-state index in [1.54, 1.807) is 24.1 Å². The van der Waals surface area contributed by atoms with Crippen LogP contribution in [-0.2, 0) is 18.3 Å². The van der Waals surface area contributed by atoms with E-state index in [0.717, 1.165) is 5.69 Å². The minimum absolute atomic E-state index is 0. The third-order valence-corrected chi connectivity index (χ3v) is 1.66. The summed E-state index contributed by atoms with van der Waals surface area (Å²) < 4.78 is 1.75. The number of aliphatic carboxylic acids is 1. The average Bonchev–Trinajstić information content (AvgIpc) is 2.36. The summed E-state index contributed by atoms with van der Waals surface area (Å²) in [7, 11) is 1.80. The maximum atomic E-state index is 10.4. The second-order valence-corrected chi connectivity index (χ2v) is 2.64. The first kappa shape index (κ1) is 20.0. The maximum Gasteiger partial charge on any atom is 0.320 e. The van der Waals surface area contributed by atoms with Crippen molar-refractivity contribution in [1.29, 1.82) is 0 Å². The van der Waals surface area contributed by atoms with Crippen molar-refractivity contribution < 1.29 is 9.90 Å². The van der Waals surface area contributed by atoms with Crippen LogP contribution in [0.5, 0.6) is 0 Å². The molecule has 1 rings (SSSR count). The molecule has 0 amide bonds. The van der Waals surface area contributed by atoms with Crippen LogP contribution in [0, 0.1) is 0 Å². The zero-order chi connectivity index (χ0) is 9.14. The van der Waals surface area contributed by atoms with Crippen LogP contribution in [0.1, 0.15) is 5.69 Å². The van der Waals surface area contributed by atoms with Gasteiger partial charge in [0.1, 0.15) is 6.04 Å². The minimum Gasteiger partial charge on any atom is -0.480 e. The molecule has 1 heterocycles. The molecule has 5 nitrogen and oxygen atoms in total. The number of hydrogen-bond acceptors (Lipinski definition) is 3. The molecule has 0 aromatic carbocycles. The number of rotatable bonds is 3. The number of nitrogens with zero attached hydrogens (tertiary/aromatic N) is 2. The summed E-state index contributed by atoms with van der Waals surface area (Å²) in [6.45, 7) is 0. The van der Waals surface area contributed by atoms with Gasteiger partial charge in [-0.15, -0.1) is 37.2 Å². The molecule has 0 spiro atoms. The summed E-state index contributed by atoms with van der Waals surface area (Å²) >= 11 is 0. The summed E-state index contributed by atoms with van der Waals surface area (Å²) in [5.41, 5.74) is 6.16. The highest BCUT2D eigenvalue weighted by Crippen LogP contribution is 1.99. The molecule has 3 N–H and O–H groups in total. The number of carboxylic acid groups (broad SMARTS) is 1. The molecule has 0 aliphatic carbocycles. The van der Waals surface area contributed by atoms with Crippen molar-refractivity contribution in [2.45, 2.75) is 12.5 Å². The van der Waals surface area contributed by atoms with Crippen LogP contribution < -0.4 is 5.73 Å². The lowest BCUT2D eigenvalue weighted by atomic mass is 10.2. The first-order valence-electron chi connectivity index (χ1n) is 3.55. The van der Waals surface area contributed by atoms with E-state index in [-0.39, 0.29) is 37.2 Å². The van der Waals surface area contributed by atoms with Gasteiger partial charge in [0.25, 0.3) is 0 Å². The van der Waals surface area contributed by atoms with Gasteiger partial charge in [0.15, 0.2) is 0 Å². The fraction of sp³-hybridized carbons (Fsp3) is 0.429. The molecule has 8 heteroatoms. The molecule has 0 fully saturated rings. The van der Waals surface area contributed by atoms with Crippen molar-refractivity contribution in [3.05, 3.63) is 18.2 Å². The highest BCUT2D eigenvalue weighted by atomic mass is 35.5. The molecule has 90 valence electrons. The normalized spacial score (nSPS) is 10.3. The predicted octanol–water partition coefficient (Wildman–Crippen LogP) is 0.640. The minimum atomic E-state index is -0.990. The van der Waals surface area contributed by atoms with Gasteiger partial charge in [-0.2, -0.15) is 0 Å². The van der Waals surface area contributed by atoms with Gasteiger partial charge in [0, 0.05) is 25.4 Å². The van der Waals surface area contributed by atoms with Gasteiger partial charge in [-0.25, -0.2) is 4.98 Å². The zero-order valence-corrected chi connectivity index (χ0v) is 10.4. The smallest absolute Gasteiger partial charge is 0.320 e. The molecule has 1 aromatic heterocycles. The van der Waals surface area contributed by atoms with Gasteiger partial charge < -0.3 is 15.4 Å². The Balaban J connectivity index is -0.000000480. The van der Waals surface area contributed by atoms with Crippen molar-refractivity contribution in [2.75, 3.05) is 0 Å². The molecule has 0 aliphatic rings. The molecular weight excluding hydrogens is 264 g/mol. The molecule has 15 heavy (non-hydrogen) atoms. The molecule has 0 aliphatic heterocycles. The lowest BCUT2D eigenvalue weighted by molar-refractivity contribution is -0.138. The molecule has 0 saturated carbocycles. The Kier molecular flexibility index (Phi) is 11.7. The zero-order valence-electron chi connectivity index (χ0n) is 7.99. The third kappa shape index (κ3) is 5.84. The lowest BCUT2D eigenvalue weighted by Gasteiger charge is -2.05. The van der Waals surface area contributed by atoms with Crippen LogP contribution in [0.15, 0.2) is 12.5 Å². The van der Waals surface area contributed by atoms with E-state index in [2.05, 4.69) is 4.98 Å². The highest BCUT2D eigenvalue weighted by molar-refractivity contribution is 5.86. The number of carbonyl (C=O) groups is 1. The van der Waals surface area contributed by atoms with Gasteiger partial charge in [0.05, 0.1) is 6.33 Å². The van der Waals surface area contributed by atoms with E-state index >= 15 is 0 Å². The Bertz CT molecular complexity index is 293. The Morgan fingerprint density at radius 2 is 2.13 bits per heavy atom. The number of carboxylic acids is 1. The molecule has 1 aromatic rings. The van der Waals surface area contributed by atoms with Gasteiger partial charge in [-0.1, -0.05) is 0 Å². The molecule has 0 bridgehead atoms. The average molecular weight is 279 g/mol. The van der Waals surface area contributed by atoms with E-state index in [1.165, 1.54) is 0 Å². The standard InChI is InChI=1S/C7H11N3O2.3ClH/c1-10-4-9-3-5(10)2-6(8)7(11)12;;;/h3-4,6H,2,8H2,1H3,(H,11,12);3*1H/t6-;;;/m0.../s1. The van der Waals surface area contributed by atoms with Crippen molar-refractivity contribution in [2.24, 2.45) is 12.8 Å². The largest absolute Gasteiger partial charge is 0.480 e. The summed E-state index contributed by atoms with van der Waals surface area (Å²) in [4.78, 5) is 14.2. The van der Waals surface area contributed by atoms with Gasteiger partial charge >= 0.3 is 5.97 Å². The number of hydrogen-bond donors (Lipinski definition) is 2. The van der Waals surface area contributed by atoms with E-state index < -0.39 is 12.0 Å². The fourth-order valence-electron chi connectivity index (χ4n) is 0.894. The lowest BCUT2D eigenvalue weighted by Crippen LogP contribution is -2.32. The van der Waals surface area contributed by atoms with Crippen LogP contribution in [-0.4, -0.2) is 26.7 Å². The molecule has 0 saturated heterocycles. The number of halogens is 3. The Hall–Kier alpha value is -0.490. The molecular formula is C7H14Cl3N3O2. The SMILES string of the molecule is Cl.Cl.Cl.Cn1cncc1C[C@H](N)C(=O)O. The Morgan fingerprint density at radius 3 is 2.47 bits per heavy atom. The first-order chi connectivity index (χ1) is 5.61. The van der Waals surface area contributed by atoms with Gasteiger partial charge in [0.2, 0.25) is 0 Å². The van der Waals surface area contributed by atoms with Crippen molar-refractivity contribution in [3.63, 3.8) is 0 Å². The van der Waals surface area contributed by atoms with Crippen LogP contribution >= 0.6 is 37.2 Å². The van der Waals surface area contributed by atoms with Crippen LogP contribution in [0.3, 0.4) is 0 Å². The van der Waals surface area contributed by atoms with Crippen LogP contribution in [0.4, 0.5) is 0 Å². The van der Waals surface area contributed by atoms with E-state index in [4.69, 9.17) is 10.8 Å². The van der Waals surface area contributed by atoms with Gasteiger partial charge in [-0.05, 0) is 0 Å². The first-order valence-corrected chi connectivity index (χ1v) is 3.55. The van der Waals surface area contributed by atoms with Crippen molar-refractivity contribution in [3.8, 4) is 0 Å². The second-order valence-electron chi connectivity index (χ2n) is 2.64. The van der Waals surface area contributed by atoms with E-state index in [1.807, 2.05) is 0 Å².